The van der Waals surface area contributed by atoms with Gasteiger partial charge < -0.3 is 16.0 Å². The van der Waals surface area contributed by atoms with Crippen LogP contribution in [-0.4, -0.2) is 66.4 Å². The number of piperazine rings is 1. The normalized spacial score (nSPS) is 17.7. The summed E-state index contributed by atoms with van der Waals surface area (Å²) in [4.78, 5) is 27.8. The molecule has 1 aliphatic rings. The lowest BCUT2D eigenvalue weighted by Gasteiger charge is -2.38. The number of nitrogens with zero attached hydrogens (tertiary/aromatic N) is 2. The van der Waals surface area contributed by atoms with Crippen LogP contribution in [0.5, 0.6) is 0 Å². The van der Waals surface area contributed by atoms with Crippen molar-refractivity contribution < 1.29 is 9.59 Å². The molecule has 0 aromatic carbocycles. The van der Waals surface area contributed by atoms with Crippen LogP contribution in [0.3, 0.4) is 0 Å². The largest absolute Gasteiger partial charge is 0.355 e. The molecule has 0 aromatic heterocycles. The molecule has 1 atom stereocenters. The fourth-order valence-corrected chi connectivity index (χ4v) is 2.55. The molecule has 0 radical (unpaired) electrons. The van der Waals surface area contributed by atoms with Gasteiger partial charge in [-0.15, -0.1) is 24.8 Å². The van der Waals surface area contributed by atoms with Crippen LogP contribution in [-0.2, 0) is 9.59 Å². The van der Waals surface area contributed by atoms with Crippen LogP contribution < -0.4 is 11.1 Å². The minimum Gasteiger partial charge on any atom is -0.355 e. The first-order valence-electron chi connectivity index (χ1n) is 7.48. The summed E-state index contributed by atoms with van der Waals surface area (Å²) in [5, 5.41) is 2.79. The van der Waals surface area contributed by atoms with E-state index < -0.39 is 5.54 Å². The monoisotopic (exact) mass is 356 g/mol. The van der Waals surface area contributed by atoms with Gasteiger partial charge in [0.25, 0.3) is 0 Å². The molecular formula is C14H30Cl2N4O2. The van der Waals surface area contributed by atoms with E-state index in [0.29, 0.717) is 32.6 Å². The van der Waals surface area contributed by atoms with Crippen molar-refractivity contribution in [2.45, 2.75) is 39.2 Å². The zero-order valence-electron chi connectivity index (χ0n) is 13.8. The maximum absolute atomic E-state index is 12.3. The van der Waals surface area contributed by atoms with E-state index in [0.717, 1.165) is 19.5 Å². The Bertz CT molecular complexity index is 346. The van der Waals surface area contributed by atoms with Crippen molar-refractivity contribution in [3.8, 4) is 0 Å². The van der Waals surface area contributed by atoms with Gasteiger partial charge in [0.15, 0.2) is 0 Å². The highest BCUT2D eigenvalue weighted by molar-refractivity contribution is 5.86. The van der Waals surface area contributed by atoms with Crippen molar-refractivity contribution in [3.05, 3.63) is 0 Å². The molecule has 8 heteroatoms. The van der Waals surface area contributed by atoms with Gasteiger partial charge >= 0.3 is 0 Å². The number of likely N-dealkylation sites (N-methyl/N-ethyl adjacent to an activating group) is 1. The van der Waals surface area contributed by atoms with Gasteiger partial charge in [-0.25, -0.2) is 0 Å². The summed E-state index contributed by atoms with van der Waals surface area (Å²) in [5.41, 5.74) is 5.32. The Morgan fingerprint density at radius 2 is 1.68 bits per heavy atom. The Balaban J connectivity index is 0. The van der Waals surface area contributed by atoms with E-state index in [9.17, 15) is 9.59 Å². The zero-order valence-corrected chi connectivity index (χ0v) is 15.4. The van der Waals surface area contributed by atoms with Crippen LogP contribution in [0.1, 0.15) is 33.6 Å². The van der Waals surface area contributed by atoms with Gasteiger partial charge in [-0.05, 0) is 20.3 Å². The van der Waals surface area contributed by atoms with E-state index in [4.69, 9.17) is 5.73 Å². The third kappa shape index (κ3) is 7.13. The molecule has 0 aliphatic carbocycles. The summed E-state index contributed by atoms with van der Waals surface area (Å²) in [5.74, 6) is 0.0685. The Hall–Kier alpha value is -0.560. The van der Waals surface area contributed by atoms with E-state index in [-0.39, 0.29) is 36.6 Å². The van der Waals surface area contributed by atoms with Crippen molar-refractivity contribution in [1.29, 1.82) is 0 Å². The second-order valence-electron chi connectivity index (χ2n) is 5.69. The van der Waals surface area contributed by atoms with Crippen molar-refractivity contribution in [1.82, 2.24) is 15.1 Å². The van der Waals surface area contributed by atoms with Gasteiger partial charge in [-0.1, -0.05) is 13.3 Å². The zero-order chi connectivity index (χ0) is 15.2. The van der Waals surface area contributed by atoms with Gasteiger partial charge in [-0.2, -0.15) is 0 Å². The summed E-state index contributed by atoms with van der Waals surface area (Å²) < 4.78 is 0. The summed E-state index contributed by atoms with van der Waals surface area (Å²) >= 11 is 0. The molecule has 6 nitrogen and oxygen atoms in total. The Morgan fingerprint density at radius 3 is 2.14 bits per heavy atom. The van der Waals surface area contributed by atoms with Crippen LogP contribution in [0, 0.1) is 0 Å². The number of carbonyl (C=O) groups is 2. The first kappa shape index (κ1) is 23.7. The minimum absolute atomic E-state index is 0. The molecule has 0 bridgehead atoms. The number of nitrogens with two attached hydrogens (primary N) is 1. The van der Waals surface area contributed by atoms with Crippen LogP contribution in [0.2, 0.25) is 0 Å². The molecule has 0 aromatic rings. The van der Waals surface area contributed by atoms with Crippen LogP contribution in [0.4, 0.5) is 0 Å². The molecule has 1 rings (SSSR count). The number of nitrogens with one attached hydrogen (secondary N) is 1. The predicted octanol–water partition coefficient (Wildman–Crippen LogP) is 0.628. The van der Waals surface area contributed by atoms with E-state index in [2.05, 4.69) is 10.2 Å². The highest BCUT2D eigenvalue weighted by Crippen LogP contribution is 2.14. The van der Waals surface area contributed by atoms with Crippen LogP contribution >= 0.6 is 24.8 Å². The van der Waals surface area contributed by atoms with E-state index in [1.807, 2.05) is 18.7 Å². The predicted molar refractivity (Wildman–Crippen MR) is 93.7 cm³/mol. The first-order valence-corrected chi connectivity index (χ1v) is 7.48. The molecule has 1 saturated heterocycles. The summed E-state index contributed by atoms with van der Waals surface area (Å²) in [6.07, 6.45) is 1.60. The molecule has 1 heterocycles. The van der Waals surface area contributed by atoms with E-state index in [1.54, 1.807) is 6.92 Å². The Kier molecular flexibility index (Phi) is 11.9. The molecule has 0 saturated carbocycles. The minimum atomic E-state index is -0.767. The molecular weight excluding hydrogens is 327 g/mol. The first-order chi connectivity index (χ1) is 9.40. The lowest BCUT2D eigenvalue weighted by molar-refractivity contribution is -0.138. The fraction of sp³-hybridized carbons (Fsp3) is 0.857. The van der Waals surface area contributed by atoms with Crippen LogP contribution in [0.25, 0.3) is 0 Å². The number of amides is 2. The lowest BCUT2D eigenvalue weighted by Crippen LogP contribution is -2.58. The smallest absolute Gasteiger partial charge is 0.242 e. The summed E-state index contributed by atoms with van der Waals surface area (Å²) in [6.45, 7) is 9.55. The SMILES string of the molecule is CCCC(C)(N)C(=O)N1CCN(CC(=O)NCC)CC1.Cl.Cl. The van der Waals surface area contributed by atoms with Gasteiger partial charge in [0.2, 0.25) is 11.8 Å². The molecule has 2 amide bonds. The van der Waals surface area contributed by atoms with Crippen molar-refractivity contribution in [2.24, 2.45) is 5.73 Å². The Morgan fingerprint density at radius 1 is 1.14 bits per heavy atom. The second-order valence-corrected chi connectivity index (χ2v) is 5.69. The number of carbonyl (C=O) groups excluding carboxylic acids is 2. The summed E-state index contributed by atoms with van der Waals surface area (Å²) in [7, 11) is 0. The number of hydrogen-bond acceptors (Lipinski definition) is 4. The number of rotatable bonds is 6. The van der Waals surface area contributed by atoms with Gasteiger partial charge in [0, 0.05) is 32.7 Å². The average molecular weight is 357 g/mol. The summed E-state index contributed by atoms with van der Waals surface area (Å²) in [6, 6.07) is 0. The van der Waals surface area contributed by atoms with Crippen molar-refractivity contribution in [3.63, 3.8) is 0 Å². The molecule has 1 unspecified atom stereocenters. The van der Waals surface area contributed by atoms with Gasteiger partial charge in [-0.3, -0.25) is 14.5 Å². The third-order valence-electron chi connectivity index (χ3n) is 3.66. The second kappa shape index (κ2) is 11.0. The number of halogens is 2. The van der Waals surface area contributed by atoms with Gasteiger partial charge in [0.05, 0.1) is 12.1 Å². The molecule has 1 fully saturated rings. The van der Waals surface area contributed by atoms with Crippen LogP contribution in [0.15, 0.2) is 0 Å². The fourth-order valence-electron chi connectivity index (χ4n) is 2.55. The molecule has 3 N–H and O–H groups in total. The quantitative estimate of drug-likeness (QED) is 0.731. The maximum Gasteiger partial charge on any atom is 0.242 e. The molecule has 132 valence electrons. The topological polar surface area (TPSA) is 78.7 Å². The molecule has 22 heavy (non-hydrogen) atoms. The lowest BCUT2D eigenvalue weighted by atomic mass is 9.95. The standard InChI is InChI=1S/C14H28N4O2.2ClH/c1-4-6-14(3,15)13(20)18-9-7-17(8-10-18)11-12(19)16-5-2;;/h4-11,15H2,1-3H3,(H,16,19);2*1H. The maximum atomic E-state index is 12.3. The highest BCUT2D eigenvalue weighted by Gasteiger charge is 2.33. The van der Waals surface area contributed by atoms with E-state index >= 15 is 0 Å². The number of hydrogen-bond donors (Lipinski definition) is 2. The van der Waals surface area contributed by atoms with E-state index in [1.165, 1.54) is 0 Å². The van der Waals surface area contributed by atoms with Crippen molar-refractivity contribution >= 4 is 36.6 Å². The van der Waals surface area contributed by atoms with Crippen molar-refractivity contribution in [2.75, 3.05) is 39.3 Å². The average Bonchev–Trinajstić information content (AvgIpc) is 2.39. The van der Waals surface area contributed by atoms with Gasteiger partial charge in [0.1, 0.15) is 0 Å². The Labute approximate surface area is 146 Å². The third-order valence-corrected chi connectivity index (χ3v) is 3.66. The molecule has 0 spiro atoms. The highest BCUT2D eigenvalue weighted by atomic mass is 35.5. The molecule has 1 aliphatic heterocycles.